The van der Waals surface area contributed by atoms with Crippen LogP contribution in [0.5, 0.6) is 11.5 Å². The average molecular weight is 398 g/mol. The molecule has 2 heterocycles. The molecule has 2 aliphatic heterocycles. The van der Waals surface area contributed by atoms with E-state index in [2.05, 4.69) is 19.2 Å². The van der Waals surface area contributed by atoms with Gasteiger partial charge in [0, 0.05) is 30.9 Å². The lowest BCUT2D eigenvalue weighted by molar-refractivity contribution is -0.132. The van der Waals surface area contributed by atoms with Crippen LogP contribution in [-0.4, -0.2) is 44.2 Å². The van der Waals surface area contributed by atoms with Crippen molar-refractivity contribution in [3.05, 3.63) is 18.2 Å². The van der Waals surface area contributed by atoms with E-state index >= 15 is 0 Å². The van der Waals surface area contributed by atoms with Crippen molar-refractivity contribution in [1.29, 1.82) is 0 Å². The molecule has 3 N–H and O–H groups in total. The summed E-state index contributed by atoms with van der Waals surface area (Å²) in [5.74, 6) is 0.669. The molecule has 1 fully saturated rings. The molecule has 2 aliphatic rings. The van der Waals surface area contributed by atoms with Gasteiger partial charge < -0.3 is 25.4 Å². The highest BCUT2D eigenvalue weighted by molar-refractivity contribution is 6.09. The van der Waals surface area contributed by atoms with Crippen LogP contribution in [0, 0.1) is 11.8 Å². The van der Waals surface area contributed by atoms with Gasteiger partial charge in [-0.1, -0.05) is 13.8 Å². The monoisotopic (exact) mass is 397 g/mol. The number of carbonyl (C=O) groups is 2. The number of benzene rings is 1. The second-order valence-electron chi connectivity index (χ2n) is 7.23. The predicted molar refractivity (Wildman–Crippen MR) is 106 cm³/mol. The van der Waals surface area contributed by atoms with Gasteiger partial charge in [0.1, 0.15) is 19.1 Å². The molecule has 2 atom stereocenters. The molecule has 150 valence electrons. The molecular formula is C19H28ClN3O4. The summed E-state index contributed by atoms with van der Waals surface area (Å²) in [6, 6.07) is 5.33. The van der Waals surface area contributed by atoms with Gasteiger partial charge in [-0.05, 0) is 30.9 Å². The first-order valence-corrected chi connectivity index (χ1v) is 9.21. The Morgan fingerprint density at radius 3 is 2.67 bits per heavy atom. The molecule has 0 aromatic heterocycles. The molecule has 0 spiro atoms. The lowest BCUT2D eigenvalue weighted by Gasteiger charge is -2.23. The van der Waals surface area contributed by atoms with Crippen molar-refractivity contribution in [2.75, 3.05) is 31.2 Å². The van der Waals surface area contributed by atoms with Gasteiger partial charge in [-0.15, -0.1) is 12.4 Å². The minimum atomic E-state index is -0.663. The minimum Gasteiger partial charge on any atom is -0.486 e. The number of halogens is 1. The number of rotatable bonds is 6. The standard InChI is InChI=1S/C19H27N3O4.ClH/c1-12(2)9-13(11-20)21-18(23)15-5-6-22(19(15)24)14-3-4-16-17(10-14)26-8-7-25-16;/h3-4,10,12-13,15H,5-9,11,20H2,1-2H3,(H,21,23);1H. The minimum absolute atomic E-state index is 0. The maximum absolute atomic E-state index is 12.8. The highest BCUT2D eigenvalue weighted by atomic mass is 35.5. The van der Waals surface area contributed by atoms with Crippen LogP contribution in [0.25, 0.3) is 0 Å². The maximum atomic E-state index is 12.8. The predicted octanol–water partition coefficient (Wildman–Crippen LogP) is 1.72. The summed E-state index contributed by atoms with van der Waals surface area (Å²) >= 11 is 0. The van der Waals surface area contributed by atoms with E-state index in [-0.39, 0.29) is 30.3 Å². The Kier molecular flexibility index (Phi) is 7.33. The molecule has 1 aromatic carbocycles. The zero-order chi connectivity index (χ0) is 18.7. The van der Waals surface area contributed by atoms with Crippen molar-refractivity contribution in [2.24, 2.45) is 17.6 Å². The number of nitrogens with one attached hydrogen (secondary N) is 1. The van der Waals surface area contributed by atoms with Gasteiger partial charge >= 0.3 is 0 Å². The Bertz CT molecular complexity index is 683. The summed E-state index contributed by atoms with van der Waals surface area (Å²) in [6.45, 7) is 6.06. The van der Waals surface area contributed by atoms with E-state index in [0.717, 1.165) is 12.1 Å². The van der Waals surface area contributed by atoms with E-state index in [4.69, 9.17) is 15.2 Å². The number of hydrogen-bond donors (Lipinski definition) is 2. The number of hydrogen-bond acceptors (Lipinski definition) is 5. The lowest BCUT2D eigenvalue weighted by Crippen LogP contribution is -2.45. The topological polar surface area (TPSA) is 93.9 Å². The third kappa shape index (κ3) is 4.84. The van der Waals surface area contributed by atoms with E-state index in [1.807, 2.05) is 6.07 Å². The molecular weight excluding hydrogens is 370 g/mol. The van der Waals surface area contributed by atoms with Crippen molar-refractivity contribution < 1.29 is 19.1 Å². The second kappa shape index (κ2) is 9.28. The molecule has 1 aromatic rings. The van der Waals surface area contributed by atoms with Gasteiger partial charge in [0.2, 0.25) is 11.8 Å². The zero-order valence-corrected chi connectivity index (χ0v) is 16.6. The number of fused-ring (bicyclic) bond motifs is 1. The number of nitrogens with zero attached hydrogens (tertiary/aromatic N) is 1. The number of amides is 2. The van der Waals surface area contributed by atoms with Crippen LogP contribution in [0.4, 0.5) is 5.69 Å². The van der Waals surface area contributed by atoms with E-state index < -0.39 is 5.92 Å². The molecule has 0 saturated carbocycles. The molecule has 0 aliphatic carbocycles. The quantitative estimate of drug-likeness (QED) is 0.713. The molecule has 3 rings (SSSR count). The smallest absolute Gasteiger partial charge is 0.239 e. The van der Waals surface area contributed by atoms with Crippen LogP contribution in [0.1, 0.15) is 26.7 Å². The summed E-state index contributed by atoms with van der Waals surface area (Å²) in [7, 11) is 0. The molecule has 8 heteroatoms. The molecule has 0 radical (unpaired) electrons. The zero-order valence-electron chi connectivity index (χ0n) is 15.8. The summed E-state index contributed by atoms with van der Waals surface area (Å²) in [5.41, 5.74) is 6.48. The first-order chi connectivity index (χ1) is 12.5. The summed E-state index contributed by atoms with van der Waals surface area (Å²) in [4.78, 5) is 27.0. The Hall–Kier alpha value is -1.99. The SMILES string of the molecule is CC(C)CC(CN)NC(=O)C1CCN(c2ccc3c(c2)OCCO3)C1=O.Cl. The van der Waals surface area contributed by atoms with Crippen molar-refractivity contribution in [1.82, 2.24) is 5.32 Å². The Morgan fingerprint density at radius 1 is 1.30 bits per heavy atom. The fraction of sp³-hybridized carbons (Fsp3) is 0.579. The first-order valence-electron chi connectivity index (χ1n) is 9.21. The van der Waals surface area contributed by atoms with Gasteiger partial charge in [0.15, 0.2) is 11.5 Å². The van der Waals surface area contributed by atoms with Gasteiger partial charge in [0.05, 0.1) is 0 Å². The summed E-state index contributed by atoms with van der Waals surface area (Å²) in [5, 5.41) is 2.94. The van der Waals surface area contributed by atoms with Crippen LogP contribution in [0.2, 0.25) is 0 Å². The van der Waals surface area contributed by atoms with Crippen molar-refractivity contribution in [3.8, 4) is 11.5 Å². The van der Waals surface area contributed by atoms with E-state index in [1.165, 1.54) is 0 Å². The van der Waals surface area contributed by atoms with Gasteiger partial charge in [0.25, 0.3) is 0 Å². The van der Waals surface area contributed by atoms with Gasteiger partial charge in [-0.25, -0.2) is 0 Å². The molecule has 0 bridgehead atoms. The number of nitrogens with two attached hydrogens (primary N) is 1. The highest BCUT2D eigenvalue weighted by Crippen LogP contribution is 2.36. The Balaban J connectivity index is 0.00000261. The lowest BCUT2D eigenvalue weighted by atomic mass is 10.0. The fourth-order valence-electron chi connectivity index (χ4n) is 3.46. The van der Waals surface area contributed by atoms with E-state index in [9.17, 15) is 9.59 Å². The summed E-state index contributed by atoms with van der Waals surface area (Å²) in [6.07, 6.45) is 1.30. The number of anilines is 1. The van der Waals surface area contributed by atoms with Gasteiger partial charge in [-0.2, -0.15) is 0 Å². The maximum Gasteiger partial charge on any atom is 0.239 e. The molecule has 7 nitrogen and oxygen atoms in total. The van der Waals surface area contributed by atoms with Crippen LogP contribution >= 0.6 is 12.4 Å². The molecule has 2 unspecified atom stereocenters. The third-order valence-corrected chi connectivity index (χ3v) is 4.75. The average Bonchev–Trinajstić information content (AvgIpc) is 3.01. The molecule has 1 saturated heterocycles. The molecule has 27 heavy (non-hydrogen) atoms. The van der Waals surface area contributed by atoms with Crippen LogP contribution in [0.15, 0.2) is 18.2 Å². The third-order valence-electron chi connectivity index (χ3n) is 4.75. The van der Waals surface area contributed by atoms with Gasteiger partial charge in [-0.3, -0.25) is 9.59 Å². The largest absolute Gasteiger partial charge is 0.486 e. The normalized spacial score (nSPS) is 19.6. The second-order valence-corrected chi connectivity index (χ2v) is 7.23. The van der Waals surface area contributed by atoms with E-state index in [1.54, 1.807) is 17.0 Å². The Morgan fingerprint density at radius 2 is 2.00 bits per heavy atom. The summed E-state index contributed by atoms with van der Waals surface area (Å²) < 4.78 is 11.1. The first kappa shape index (κ1) is 21.3. The van der Waals surface area contributed by atoms with Crippen molar-refractivity contribution in [2.45, 2.75) is 32.7 Å². The molecule has 2 amide bonds. The number of carbonyl (C=O) groups excluding carboxylic acids is 2. The number of ether oxygens (including phenoxy) is 2. The van der Waals surface area contributed by atoms with Crippen LogP contribution in [0.3, 0.4) is 0 Å². The van der Waals surface area contributed by atoms with E-state index in [0.29, 0.717) is 50.1 Å². The van der Waals surface area contributed by atoms with Crippen molar-refractivity contribution >= 4 is 29.9 Å². The van der Waals surface area contributed by atoms with Crippen molar-refractivity contribution in [3.63, 3.8) is 0 Å². The van der Waals surface area contributed by atoms with Crippen LogP contribution < -0.4 is 25.4 Å². The highest BCUT2D eigenvalue weighted by Gasteiger charge is 2.38. The fourth-order valence-corrected chi connectivity index (χ4v) is 3.46. The Labute approximate surface area is 166 Å². The van der Waals surface area contributed by atoms with Crippen LogP contribution in [-0.2, 0) is 9.59 Å².